The molecule has 1 N–H and O–H groups in total. The van der Waals surface area contributed by atoms with Gasteiger partial charge in [-0.3, -0.25) is 9.59 Å². The van der Waals surface area contributed by atoms with Gasteiger partial charge in [-0.15, -0.1) is 11.3 Å². The Labute approximate surface area is 203 Å². The summed E-state index contributed by atoms with van der Waals surface area (Å²) < 4.78 is 10.9. The minimum Gasteiger partial charge on any atom is -0.495 e. The lowest BCUT2D eigenvalue weighted by molar-refractivity contribution is -0.116. The van der Waals surface area contributed by atoms with Gasteiger partial charge in [0, 0.05) is 35.9 Å². The molecule has 178 valence electrons. The van der Waals surface area contributed by atoms with Gasteiger partial charge in [-0.05, 0) is 42.8 Å². The zero-order chi connectivity index (χ0) is 23.9. The van der Waals surface area contributed by atoms with Crippen molar-refractivity contribution in [2.24, 2.45) is 0 Å². The molecule has 3 aromatic rings. The number of ether oxygens (including phenoxy) is 2. The fraction of sp³-hybridized carbons (Fsp3) is 0.308. The van der Waals surface area contributed by atoms with Crippen LogP contribution in [0.2, 0.25) is 0 Å². The SMILES string of the molecule is CCN(CC(=O)Nc1ccc(N2CCOCC2)cc1)C(=O)c1sc(-c2ccccc2)cc1OC. The fourth-order valence-corrected chi connectivity index (χ4v) is 4.94. The Morgan fingerprint density at radius 1 is 1.09 bits per heavy atom. The van der Waals surface area contributed by atoms with E-state index in [0.29, 0.717) is 22.9 Å². The van der Waals surface area contributed by atoms with Gasteiger partial charge >= 0.3 is 0 Å². The van der Waals surface area contributed by atoms with Crippen molar-refractivity contribution in [2.75, 3.05) is 56.7 Å². The van der Waals surface area contributed by atoms with Gasteiger partial charge in [0.05, 0.1) is 20.3 Å². The van der Waals surface area contributed by atoms with Gasteiger partial charge in [0.15, 0.2) is 0 Å². The number of carbonyl (C=O) groups excluding carboxylic acids is 2. The molecule has 0 atom stereocenters. The molecule has 7 nitrogen and oxygen atoms in total. The Kier molecular flexibility index (Phi) is 7.82. The highest BCUT2D eigenvalue weighted by atomic mass is 32.1. The lowest BCUT2D eigenvalue weighted by Gasteiger charge is -2.29. The maximum atomic E-state index is 13.3. The summed E-state index contributed by atoms with van der Waals surface area (Å²) in [6, 6.07) is 19.5. The molecule has 1 fully saturated rings. The van der Waals surface area contributed by atoms with E-state index in [0.717, 1.165) is 42.4 Å². The van der Waals surface area contributed by atoms with E-state index in [1.807, 2.05) is 67.6 Å². The van der Waals surface area contributed by atoms with E-state index in [1.54, 1.807) is 7.11 Å². The molecule has 1 aliphatic rings. The van der Waals surface area contributed by atoms with Crippen LogP contribution in [0.1, 0.15) is 16.6 Å². The Balaban J connectivity index is 1.41. The number of methoxy groups -OCH3 is 1. The summed E-state index contributed by atoms with van der Waals surface area (Å²) in [5.74, 6) is 0.0592. The number of benzene rings is 2. The Bertz CT molecular complexity index is 1110. The van der Waals surface area contributed by atoms with Gasteiger partial charge in [0.25, 0.3) is 5.91 Å². The van der Waals surface area contributed by atoms with Crippen molar-refractivity contribution >= 4 is 34.5 Å². The van der Waals surface area contributed by atoms with E-state index in [-0.39, 0.29) is 18.4 Å². The number of amides is 2. The molecule has 2 aromatic carbocycles. The zero-order valence-corrected chi connectivity index (χ0v) is 20.3. The summed E-state index contributed by atoms with van der Waals surface area (Å²) in [4.78, 5) is 31.2. The molecular formula is C26H29N3O4S. The van der Waals surface area contributed by atoms with Crippen LogP contribution in [-0.4, -0.2) is 63.2 Å². The molecule has 2 amide bonds. The topological polar surface area (TPSA) is 71.1 Å². The second-order valence-electron chi connectivity index (χ2n) is 7.89. The van der Waals surface area contributed by atoms with E-state index in [9.17, 15) is 9.59 Å². The molecule has 0 saturated carbocycles. The van der Waals surface area contributed by atoms with Gasteiger partial charge < -0.3 is 24.6 Å². The summed E-state index contributed by atoms with van der Waals surface area (Å²) >= 11 is 1.37. The van der Waals surface area contributed by atoms with Gasteiger partial charge in [0.2, 0.25) is 5.91 Å². The number of thiophene rings is 1. The first-order chi connectivity index (χ1) is 16.6. The van der Waals surface area contributed by atoms with E-state index >= 15 is 0 Å². The highest BCUT2D eigenvalue weighted by Gasteiger charge is 2.24. The summed E-state index contributed by atoms with van der Waals surface area (Å²) in [5.41, 5.74) is 2.82. The lowest BCUT2D eigenvalue weighted by atomic mass is 10.2. The Hall–Kier alpha value is -3.36. The maximum absolute atomic E-state index is 13.3. The van der Waals surface area contributed by atoms with Crippen molar-refractivity contribution in [1.82, 2.24) is 4.90 Å². The second kappa shape index (κ2) is 11.2. The normalized spacial score (nSPS) is 13.4. The summed E-state index contributed by atoms with van der Waals surface area (Å²) in [6.07, 6.45) is 0. The average molecular weight is 480 g/mol. The second-order valence-corrected chi connectivity index (χ2v) is 8.94. The molecule has 0 bridgehead atoms. The van der Waals surface area contributed by atoms with E-state index in [2.05, 4.69) is 10.2 Å². The smallest absolute Gasteiger partial charge is 0.268 e. The zero-order valence-electron chi connectivity index (χ0n) is 19.5. The molecule has 1 aromatic heterocycles. The van der Waals surface area contributed by atoms with Gasteiger partial charge in [-0.2, -0.15) is 0 Å². The van der Waals surface area contributed by atoms with Crippen LogP contribution >= 0.6 is 11.3 Å². The number of anilines is 2. The third-order valence-corrected chi connectivity index (χ3v) is 6.85. The van der Waals surface area contributed by atoms with E-state index in [4.69, 9.17) is 9.47 Å². The van der Waals surface area contributed by atoms with Crippen molar-refractivity contribution in [3.05, 3.63) is 65.5 Å². The number of likely N-dealkylation sites (N-methyl/N-ethyl adjacent to an activating group) is 1. The van der Waals surface area contributed by atoms with Crippen LogP contribution < -0.4 is 15.0 Å². The molecule has 0 aliphatic carbocycles. The number of carbonyl (C=O) groups is 2. The summed E-state index contributed by atoms with van der Waals surface area (Å²) in [7, 11) is 1.55. The highest BCUT2D eigenvalue weighted by Crippen LogP contribution is 2.37. The van der Waals surface area contributed by atoms with Gasteiger partial charge in [-0.25, -0.2) is 0 Å². The van der Waals surface area contributed by atoms with Crippen LogP contribution in [0.5, 0.6) is 5.75 Å². The number of rotatable bonds is 8. The van der Waals surface area contributed by atoms with Crippen LogP contribution in [0.25, 0.3) is 10.4 Å². The maximum Gasteiger partial charge on any atom is 0.268 e. The molecular weight excluding hydrogens is 450 g/mol. The fourth-order valence-electron chi connectivity index (χ4n) is 3.84. The van der Waals surface area contributed by atoms with Crippen molar-refractivity contribution < 1.29 is 19.1 Å². The minimum absolute atomic E-state index is 0.0394. The predicted molar refractivity (Wildman–Crippen MR) is 136 cm³/mol. The quantitative estimate of drug-likeness (QED) is 0.520. The van der Waals surface area contributed by atoms with Gasteiger partial charge in [0.1, 0.15) is 17.2 Å². The van der Waals surface area contributed by atoms with E-state index < -0.39 is 0 Å². The van der Waals surface area contributed by atoms with Crippen LogP contribution in [0, 0.1) is 0 Å². The molecule has 4 rings (SSSR count). The summed E-state index contributed by atoms with van der Waals surface area (Å²) in [6.45, 7) is 5.39. The third-order valence-electron chi connectivity index (χ3n) is 5.70. The molecule has 1 aliphatic heterocycles. The van der Waals surface area contributed by atoms with E-state index in [1.165, 1.54) is 16.2 Å². The first kappa shape index (κ1) is 23.8. The standard InChI is InChI=1S/C26H29N3O4S/c1-3-28(26(31)25-22(32-2)17-23(34-25)19-7-5-4-6-8-19)18-24(30)27-20-9-11-21(12-10-20)29-13-15-33-16-14-29/h4-12,17H,3,13-16,18H2,1-2H3,(H,27,30). The van der Waals surface area contributed by atoms with Crippen molar-refractivity contribution in [3.63, 3.8) is 0 Å². The third kappa shape index (κ3) is 5.58. The first-order valence-electron chi connectivity index (χ1n) is 11.3. The number of hydrogen-bond acceptors (Lipinski definition) is 6. The number of nitrogens with one attached hydrogen (secondary N) is 1. The Morgan fingerprint density at radius 3 is 2.44 bits per heavy atom. The molecule has 2 heterocycles. The summed E-state index contributed by atoms with van der Waals surface area (Å²) in [5, 5.41) is 2.90. The monoisotopic (exact) mass is 479 g/mol. The number of nitrogens with zero attached hydrogens (tertiary/aromatic N) is 2. The molecule has 0 unspecified atom stereocenters. The van der Waals surface area contributed by atoms with Crippen molar-refractivity contribution in [1.29, 1.82) is 0 Å². The number of hydrogen-bond donors (Lipinski definition) is 1. The van der Waals surface area contributed by atoms with Crippen LogP contribution in [0.3, 0.4) is 0 Å². The van der Waals surface area contributed by atoms with Crippen molar-refractivity contribution in [2.45, 2.75) is 6.92 Å². The first-order valence-corrected chi connectivity index (χ1v) is 12.2. The van der Waals surface area contributed by atoms with Crippen LogP contribution in [0.4, 0.5) is 11.4 Å². The predicted octanol–water partition coefficient (Wildman–Crippen LogP) is 4.36. The molecule has 0 radical (unpaired) electrons. The van der Waals surface area contributed by atoms with Crippen molar-refractivity contribution in [3.8, 4) is 16.2 Å². The molecule has 34 heavy (non-hydrogen) atoms. The van der Waals surface area contributed by atoms with Crippen LogP contribution in [0.15, 0.2) is 60.7 Å². The lowest BCUT2D eigenvalue weighted by Crippen LogP contribution is -2.37. The molecule has 1 saturated heterocycles. The molecule has 0 spiro atoms. The number of morpholine rings is 1. The molecule has 8 heteroatoms. The Morgan fingerprint density at radius 2 is 1.79 bits per heavy atom. The van der Waals surface area contributed by atoms with Crippen LogP contribution in [-0.2, 0) is 9.53 Å². The van der Waals surface area contributed by atoms with Gasteiger partial charge in [-0.1, -0.05) is 30.3 Å². The largest absolute Gasteiger partial charge is 0.495 e. The minimum atomic E-state index is -0.242. The highest BCUT2D eigenvalue weighted by molar-refractivity contribution is 7.17. The average Bonchev–Trinajstić information content (AvgIpc) is 3.33.